The maximum atomic E-state index is 11.7. The molecule has 0 aromatic heterocycles. The topological polar surface area (TPSA) is 60.7 Å². The summed E-state index contributed by atoms with van der Waals surface area (Å²) in [7, 11) is 0. The van der Waals surface area contributed by atoms with E-state index in [0.717, 1.165) is 19.3 Å². The molecule has 0 aromatic rings. The highest BCUT2D eigenvalue weighted by atomic mass is 16.3. The maximum absolute atomic E-state index is 11.7. The normalized spacial score (nSPS) is 60.0. The molecule has 0 aromatic carbocycles. The minimum Gasteiger partial charge on any atom is -0.393 e. The minimum atomic E-state index is -0.558. The largest absolute Gasteiger partial charge is 0.393 e. The highest BCUT2D eigenvalue weighted by Crippen LogP contribution is 2.76. The van der Waals surface area contributed by atoms with E-state index in [4.69, 9.17) is 0 Å². The molecule has 0 bridgehead atoms. The van der Waals surface area contributed by atoms with E-state index in [-0.39, 0.29) is 27.8 Å². The molecule has 33 heavy (non-hydrogen) atoms. The van der Waals surface area contributed by atoms with Crippen molar-refractivity contribution in [3.8, 4) is 0 Å². The minimum absolute atomic E-state index is 0.0271. The Hall–Kier alpha value is -0.380. The molecule has 0 unspecified atom stereocenters. The molecule has 5 aliphatic rings. The Morgan fingerprint density at radius 3 is 2.12 bits per heavy atom. The fourth-order valence-corrected chi connectivity index (χ4v) is 11.3. The van der Waals surface area contributed by atoms with Crippen LogP contribution in [0.4, 0.5) is 0 Å². The summed E-state index contributed by atoms with van der Waals surface area (Å²) in [6.07, 6.45) is 8.51. The van der Waals surface area contributed by atoms with Crippen LogP contribution < -0.4 is 0 Å². The molecule has 3 nitrogen and oxygen atoms in total. The van der Waals surface area contributed by atoms with E-state index in [9.17, 15) is 15.3 Å². The average Bonchev–Trinajstić information content (AvgIpc) is 2.71. The van der Waals surface area contributed by atoms with E-state index < -0.39 is 17.6 Å². The van der Waals surface area contributed by atoms with E-state index in [0.29, 0.717) is 29.6 Å². The Labute approximate surface area is 202 Å². The smallest absolute Gasteiger partial charge is 0.0804 e. The molecule has 0 spiro atoms. The summed E-state index contributed by atoms with van der Waals surface area (Å²) in [5.74, 6) is 2.44. The van der Waals surface area contributed by atoms with Crippen molar-refractivity contribution in [1.82, 2.24) is 0 Å². The van der Waals surface area contributed by atoms with E-state index in [2.05, 4.69) is 55.4 Å². The van der Waals surface area contributed by atoms with Crippen LogP contribution >= 0.6 is 0 Å². The van der Waals surface area contributed by atoms with Crippen LogP contribution in [0.5, 0.6) is 0 Å². The summed E-state index contributed by atoms with van der Waals surface area (Å²) in [4.78, 5) is 0. The summed E-state index contributed by atoms with van der Waals surface area (Å²) in [6.45, 7) is 19.0. The zero-order valence-electron chi connectivity index (χ0n) is 22.5. The van der Waals surface area contributed by atoms with Gasteiger partial charge >= 0.3 is 0 Å². The second-order valence-corrected chi connectivity index (χ2v) is 14.8. The fourth-order valence-electron chi connectivity index (χ4n) is 11.3. The van der Waals surface area contributed by atoms with Gasteiger partial charge in [-0.3, -0.25) is 0 Å². The van der Waals surface area contributed by atoms with Gasteiger partial charge in [0, 0.05) is 5.41 Å². The van der Waals surface area contributed by atoms with Crippen LogP contribution in [0.1, 0.15) is 100 Å². The number of rotatable bonds is 0. The predicted molar refractivity (Wildman–Crippen MR) is 133 cm³/mol. The van der Waals surface area contributed by atoms with Crippen LogP contribution in [0.2, 0.25) is 0 Å². The first-order valence-corrected chi connectivity index (χ1v) is 13.9. The molecule has 0 saturated heterocycles. The molecule has 0 heterocycles. The lowest BCUT2D eigenvalue weighted by molar-refractivity contribution is -0.276. The van der Waals surface area contributed by atoms with Gasteiger partial charge in [0.15, 0.2) is 0 Å². The monoisotopic (exact) mass is 458 g/mol. The van der Waals surface area contributed by atoms with Gasteiger partial charge in [0.25, 0.3) is 0 Å². The van der Waals surface area contributed by atoms with Crippen molar-refractivity contribution in [2.45, 2.75) is 119 Å². The maximum Gasteiger partial charge on any atom is 0.0804 e. The first-order chi connectivity index (χ1) is 15.2. The lowest BCUT2D eigenvalue weighted by atomic mass is 9.31. The quantitative estimate of drug-likeness (QED) is 0.392. The molecule has 0 aliphatic heterocycles. The molecule has 5 aliphatic carbocycles. The second kappa shape index (κ2) is 7.10. The molecule has 0 amide bonds. The average molecular weight is 459 g/mol. The van der Waals surface area contributed by atoms with Gasteiger partial charge < -0.3 is 15.3 Å². The third-order valence-electron chi connectivity index (χ3n) is 13.7. The zero-order chi connectivity index (χ0) is 24.4. The van der Waals surface area contributed by atoms with Crippen LogP contribution in [-0.2, 0) is 0 Å². The van der Waals surface area contributed by atoms with Crippen LogP contribution in [-0.4, -0.2) is 33.6 Å². The molecule has 3 heteroatoms. The number of aliphatic hydroxyl groups excluding tert-OH is 3. The van der Waals surface area contributed by atoms with Crippen molar-refractivity contribution in [2.75, 3.05) is 0 Å². The summed E-state index contributed by atoms with van der Waals surface area (Å²) < 4.78 is 0. The van der Waals surface area contributed by atoms with Gasteiger partial charge in [-0.2, -0.15) is 0 Å². The number of hydrogen-bond acceptors (Lipinski definition) is 3. The van der Waals surface area contributed by atoms with E-state index in [1.807, 2.05) is 6.08 Å². The van der Waals surface area contributed by atoms with Gasteiger partial charge in [0.05, 0.1) is 18.3 Å². The molecule has 4 fully saturated rings. The molecule has 5 rings (SSSR count). The first kappa shape index (κ1) is 24.3. The summed E-state index contributed by atoms with van der Waals surface area (Å²) in [5.41, 5.74) is 1.32. The second-order valence-electron chi connectivity index (χ2n) is 14.8. The summed E-state index contributed by atoms with van der Waals surface area (Å²) in [5, 5.41) is 33.8. The molecule has 3 N–H and O–H groups in total. The van der Waals surface area contributed by atoms with Crippen molar-refractivity contribution in [2.24, 2.45) is 56.7 Å². The van der Waals surface area contributed by atoms with Gasteiger partial charge in [-0.1, -0.05) is 60.1 Å². The van der Waals surface area contributed by atoms with Crippen molar-refractivity contribution < 1.29 is 15.3 Å². The molecule has 12 atom stereocenters. The Morgan fingerprint density at radius 2 is 1.45 bits per heavy atom. The number of fused-ring (bicyclic) bond motifs is 7. The zero-order valence-corrected chi connectivity index (χ0v) is 22.5. The third-order valence-corrected chi connectivity index (χ3v) is 13.7. The fraction of sp³-hybridized carbons (Fsp3) is 0.933. The summed E-state index contributed by atoms with van der Waals surface area (Å²) >= 11 is 0. The van der Waals surface area contributed by atoms with E-state index in [1.165, 1.54) is 31.3 Å². The summed E-state index contributed by atoms with van der Waals surface area (Å²) in [6, 6.07) is 0. The lowest BCUT2D eigenvalue weighted by Crippen LogP contribution is -2.70. The number of aliphatic hydroxyl groups is 3. The van der Waals surface area contributed by atoms with Gasteiger partial charge in [-0.15, -0.1) is 0 Å². The SMILES string of the molecule is CC1=C[C@H](O)[C@@]2(C)[C@H]([C@@H]1C)[C@H]1CC[C@@H]3[C@@]4(C)CC[C@H](O)C(C)(C)[C@H]4CC[C@@]3(C)[C@]1(C)C[C@@H]2O. The Bertz CT molecular complexity index is 847. The Balaban J connectivity index is 1.59. The van der Waals surface area contributed by atoms with Gasteiger partial charge in [0.2, 0.25) is 0 Å². The standard InChI is InChI=1S/C30H50O3/c1-17-15-23(32)30(8)24(33)16-29(7)19(25(30)18(17)2)9-10-21-27(5)13-12-22(31)26(3,4)20(27)11-14-28(21,29)6/h15,18-25,31-33H,9-14,16H2,1-8H3/t18-,19-,20-,21-,22+,23+,24+,25-,27+,28-,29-,30-/m1/s1. The number of allylic oxidation sites excluding steroid dienone is 1. The van der Waals surface area contributed by atoms with Crippen molar-refractivity contribution in [3.63, 3.8) is 0 Å². The van der Waals surface area contributed by atoms with Crippen LogP contribution in [0.3, 0.4) is 0 Å². The highest BCUT2D eigenvalue weighted by Gasteiger charge is 2.71. The van der Waals surface area contributed by atoms with Crippen molar-refractivity contribution in [1.29, 1.82) is 0 Å². The predicted octanol–water partition coefficient (Wildman–Crippen LogP) is 5.97. The molecular formula is C30H50O3. The van der Waals surface area contributed by atoms with E-state index in [1.54, 1.807) is 0 Å². The van der Waals surface area contributed by atoms with Gasteiger partial charge in [0.1, 0.15) is 0 Å². The molecule has 0 radical (unpaired) electrons. The Morgan fingerprint density at radius 1 is 0.788 bits per heavy atom. The van der Waals surface area contributed by atoms with Gasteiger partial charge in [-0.05, 0) is 103 Å². The first-order valence-electron chi connectivity index (χ1n) is 13.9. The lowest BCUT2D eigenvalue weighted by Gasteiger charge is -2.74. The Kier molecular flexibility index (Phi) is 5.23. The molecular weight excluding hydrogens is 408 g/mol. The third kappa shape index (κ3) is 2.74. The number of hydrogen-bond donors (Lipinski definition) is 3. The van der Waals surface area contributed by atoms with Crippen LogP contribution in [0.25, 0.3) is 0 Å². The molecule has 4 saturated carbocycles. The van der Waals surface area contributed by atoms with Crippen LogP contribution in [0.15, 0.2) is 11.6 Å². The van der Waals surface area contributed by atoms with Crippen molar-refractivity contribution in [3.05, 3.63) is 11.6 Å². The highest BCUT2D eigenvalue weighted by molar-refractivity contribution is 5.26. The van der Waals surface area contributed by atoms with Crippen molar-refractivity contribution >= 4 is 0 Å². The van der Waals surface area contributed by atoms with Crippen LogP contribution in [0, 0.1) is 56.7 Å². The van der Waals surface area contributed by atoms with Gasteiger partial charge in [-0.25, -0.2) is 0 Å². The van der Waals surface area contributed by atoms with E-state index >= 15 is 0 Å². The molecule has 188 valence electrons.